The highest BCUT2D eigenvalue weighted by Gasteiger charge is 2.19. The Bertz CT molecular complexity index is 359. The summed E-state index contributed by atoms with van der Waals surface area (Å²) in [6.45, 7) is 0.491. The molecule has 0 aliphatic heterocycles. The van der Waals surface area contributed by atoms with Gasteiger partial charge in [-0.3, -0.25) is 0 Å². The summed E-state index contributed by atoms with van der Waals surface area (Å²) in [5, 5.41) is 3.52. The fraction of sp³-hybridized carbons (Fsp3) is 0.571. The van der Waals surface area contributed by atoms with Gasteiger partial charge in [-0.25, -0.2) is 8.78 Å². The molecule has 18 heavy (non-hydrogen) atoms. The van der Waals surface area contributed by atoms with E-state index in [-0.39, 0.29) is 11.6 Å². The van der Waals surface area contributed by atoms with Crippen LogP contribution in [-0.2, 0) is 0 Å². The molecule has 100 valence electrons. The van der Waals surface area contributed by atoms with Crippen molar-refractivity contribution in [2.75, 3.05) is 6.54 Å². The van der Waals surface area contributed by atoms with Crippen molar-refractivity contribution in [3.05, 3.63) is 35.4 Å². The van der Waals surface area contributed by atoms with E-state index in [2.05, 4.69) is 5.32 Å². The molecule has 1 aliphatic carbocycles. The smallest absolute Gasteiger partial charge is 0.263 e. The van der Waals surface area contributed by atoms with Crippen LogP contribution in [0.2, 0.25) is 0 Å². The molecule has 1 atom stereocenters. The quantitative estimate of drug-likeness (QED) is 0.847. The third-order valence-electron chi connectivity index (χ3n) is 3.62. The van der Waals surface area contributed by atoms with Crippen LogP contribution < -0.4 is 11.1 Å². The van der Waals surface area contributed by atoms with Gasteiger partial charge in [0.05, 0.1) is 0 Å². The van der Waals surface area contributed by atoms with E-state index in [1.807, 2.05) is 0 Å². The molecule has 1 aliphatic rings. The maximum atomic E-state index is 12.5. The standard InChI is InChI=1S/C14H20F2N2/c15-14(16)11-7-5-10(6-8-11)13(9-17)18-12-3-1-2-4-12/h5-8,12-14,18H,1-4,9,17H2. The highest BCUT2D eigenvalue weighted by molar-refractivity contribution is 5.26. The zero-order chi connectivity index (χ0) is 13.0. The maximum Gasteiger partial charge on any atom is 0.263 e. The van der Waals surface area contributed by atoms with Crippen LogP contribution in [0.4, 0.5) is 8.78 Å². The molecule has 4 heteroatoms. The van der Waals surface area contributed by atoms with Gasteiger partial charge in [0.1, 0.15) is 0 Å². The summed E-state index contributed by atoms with van der Waals surface area (Å²) >= 11 is 0. The molecule has 0 bridgehead atoms. The second-order valence-electron chi connectivity index (χ2n) is 4.90. The Labute approximate surface area is 107 Å². The molecular weight excluding hydrogens is 234 g/mol. The molecule has 0 aromatic heterocycles. The predicted molar refractivity (Wildman–Crippen MR) is 68.6 cm³/mol. The Morgan fingerprint density at radius 3 is 2.17 bits per heavy atom. The first-order chi connectivity index (χ1) is 8.70. The van der Waals surface area contributed by atoms with Crippen molar-refractivity contribution in [3.8, 4) is 0 Å². The molecule has 0 heterocycles. The number of benzene rings is 1. The molecule has 0 amide bonds. The summed E-state index contributed by atoms with van der Waals surface area (Å²) in [7, 11) is 0. The van der Waals surface area contributed by atoms with Crippen LogP contribution in [0.25, 0.3) is 0 Å². The van der Waals surface area contributed by atoms with Gasteiger partial charge in [0.25, 0.3) is 6.43 Å². The van der Waals surface area contributed by atoms with Gasteiger partial charge >= 0.3 is 0 Å². The Balaban J connectivity index is 2.02. The van der Waals surface area contributed by atoms with Crippen LogP contribution in [0.3, 0.4) is 0 Å². The van der Waals surface area contributed by atoms with Crippen molar-refractivity contribution in [1.29, 1.82) is 0 Å². The van der Waals surface area contributed by atoms with Crippen LogP contribution in [0.15, 0.2) is 24.3 Å². The minimum absolute atomic E-state index is 0.0652. The fourth-order valence-electron chi connectivity index (χ4n) is 2.55. The van der Waals surface area contributed by atoms with Crippen molar-refractivity contribution in [1.82, 2.24) is 5.32 Å². The van der Waals surface area contributed by atoms with Gasteiger partial charge in [-0.2, -0.15) is 0 Å². The SMILES string of the molecule is NCC(NC1CCCC1)c1ccc(C(F)F)cc1. The van der Waals surface area contributed by atoms with Crippen LogP contribution in [0.5, 0.6) is 0 Å². The molecule has 1 aromatic rings. The van der Waals surface area contributed by atoms with Gasteiger partial charge in [0, 0.05) is 24.2 Å². The van der Waals surface area contributed by atoms with E-state index in [0.717, 1.165) is 5.56 Å². The van der Waals surface area contributed by atoms with Crippen LogP contribution in [-0.4, -0.2) is 12.6 Å². The second-order valence-corrected chi connectivity index (χ2v) is 4.90. The average molecular weight is 254 g/mol. The minimum Gasteiger partial charge on any atom is -0.329 e. The lowest BCUT2D eigenvalue weighted by Gasteiger charge is -2.22. The summed E-state index contributed by atoms with van der Waals surface area (Å²) in [6, 6.07) is 7.06. The molecule has 1 unspecified atom stereocenters. The van der Waals surface area contributed by atoms with Crippen molar-refractivity contribution in [3.63, 3.8) is 0 Å². The van der Waals surface area contributed by atoms with E-state index in [9.17, 15) is 8.78 Å². The summed E-state index contributed by atoms with van der Waals surface area (Å²) in [4.78, 5) is 0. The van der Waals surface area contributed by atoms with Gasteiger partial charge in [0.2, 0.25) is 0 Å². The molecular formula is C14H20F2N2. The average Bonchev–Trinajstić information content (AvgIpc) is 2.89. The molecule has 1 saturated carbocycles. The summed E-state index contributed by atoms with van der Waals surface area (Å²) in [5.74, 6) is 0. The number of alkyl halides is 2. The van der Waals surface area contributed by atoms with Gasteiger partial charge in [-0.15, -0.1) is 0 Å². The van der Waals surface area contributed by atoms with Crippen molar-refractivity contribution >= 4 is 0 Å². The van der Waals surface area contributed by atoms with Gasteiger partial charge < -0.3 is 11.1 Å². The van der Waals surface area contributed by atoms with Crippen LogP contribution in [0.1, 0.15) is 49.3 Å². The maximum absolute atomic E-state index is 12.5. The zero-order valence-corrected chi connectivity index (χ0v) is 10.4. The number of halogens is 2. The monoisotopic (exact) mass is 254 g/mol. The first kappa shape index (κ1) is 13.4. The van der Waals surface area contributed by atoms with Crippen LogP contribution in [0, 0.1) is 0 Å². The predicted octanol–water partition coefficient (Wildman–Crippen LogP) is 3.16. The highest BCUT2D eigenvalue weighted by atomic mass is 19.3. The number of nitrogens with two attached hydrogens (primary N) is 1. The summed E-state index contributed by atoms with van der Waals surface area (Å²) in [5.41, 5.74) is 6.83. The van der Waals surface area contributed by atoms with E-state index in [1.165, 1.54) is 37.8 Å². The first-order valence-corrected chi connectivity index (χ1v) is 6.55. The molecule has 2 nitrogen and oxygen atoms in total. The molecule has 0 spiro atoms. The second kappa shape index (κ2) is 6.25. The molecule has 1 aromatic carbocycles. The molecule has 2 rings (SSSR count). The largest absolute Gasteiger partial charge is 0.329 e. The highest BCUT2D eigenvalue weighted by Crippen LogP contribution is 2.24. The lowest BCUT2D eigenvalue weighted by molar-refractivity contribution is 0.151. The number of nitrogens with one attached hydrogen (secondary N) is 1. The normalized spacial score (nSPS) is 18.4. The van der Waals surface area contributed by atoms with Gasteiger partial charge in [-0.1, -0.05) is 37.1 Å². The molecule has 0 radical (unpaired) electrons. The third-order valence-corrected chi connectivity index (χ3v) is 3.62. The molecule has 1 fully saturated rings. The lowest BCUT2D eigenvalue weighted by atomic mass is 10.0. The Kier molecular flexibility index (Phi) is 4.66. The van der Waals surface area contributed by atoms with E-state index < -0.39 is 6.43 Å². The van der Waals surface area contributed by atoms with Gasteiger partial charge in [0.15, 0.2) is 0 Å². The Morgan fingerprint density at radius 2 is 1.67 bits per heavy atom. The Morgan fingerprint density at radius 1 is 1.11 bits per heavy atom. The minimum atomic E-state index is -2.40. The van der Waals surface area contributed by atoms with E-state index in [4.69, 9.17) is 5.73 Å². The zero-order valence-electron chi connectivity index (χ0n) is 10.4. The van der Waals surface area contributed by atoms with E-state index >= 15 is 0 Å². The molecule has 0 saturated heterocycles. The number of hydrogen-bond acceptors (Lipinski definition) is 2. The van der Waals surface area contributed by atoms with Crippen molar-refractivity contribution in [2.24, 2.45) is 5.73 Å². The van der Waals surface area contributed by atoms with E-state index in [1.54, 1.807) is 12.1 Å². The summed E-state index contributed by atoms with van der Waals surface area (Å²) < 4.78 is 24.9. The van der Waals surface area contributed by atoms with E-state index in [0.29, 0.717) is 12.6 Å². The first-order valence-electron chi connectivity index (χ1n) is 6.55. The lowest BCUT2D eigenvalue weighted by Crippen LogP contribution is -2.35. The number of rotatable bonds is 5. The van der Waals surface area contributed by atoms with Crippen molar-refractivity contribution in [2.45, 2.75) is 44.2 Å². The number of hydrogen-bond donors (Lipinski definition) is 2. The molecule has 3 N–H and O–H groups in total. The third kappa shape index (κ3) is 3.27. The topological polar surface area (TPSA) is 38.0 Å². The fourth-order valence-corrected chi connectivity index (χ4v) is 2.55. The summed E-state index contributed by atoms with van der Waals surface area (Å²) in [6.07, 6.45) is 2.49. The van der Waals surface area contributed by atoms with Gasteiger partial charge in [-0.05, 0) is 18.4 Å². The Hall–Kier alpha value is -1.00. The van der Waals surface area contributed by atoms with Crippen molar-refractivity contribution < 1.29 is 8.78 Å². The van der Waals surface area contributed by atoms with Crippen LogP contribution >= 0.6 is 0 Å².